The molecule has 0 bridgehead atoms. The Balaban J connectivity index is 1.59. The van der Waals surface area contributed by atoms with Gasteiger partial charge >= 0.3 is 0 Å². The van der Waals surface area contributed by atoms with Gasteiger partial charge in [-0.2, -0.15) is 0 Å². The van der Waals surface area contributed by atoms with E-state index in [2.05, 4.69) is 31.5 Å². The second-order valence-electron chi connectivity index (χ2n) is 7.13. The molecule has 164 valence electrons. The van der Waals surface area contributed by atoms with Gasteiger partial charge in [-0.15, -0.1) is 0 Å². The highest BCUT2D eigenvalue weighted by molar-refractivity contribution is 9.10. The number of hydrogen-bond acceptors (Lipinski definition) is 5. The largest absolute Gasteiger partial charge is 0.490 e. The van der Waals surface area contributed by atoms with Crippen molar-refractivity contribution in [1.29, 1.82) is 0 Å². The van der Waals surface area contributed by atoms with E-state index in [0.29, 0.717) is 28.7 Å². The molecule has 0 aliphatic carbocycles. The van der Waals surface area contributed by atoms with Gasteiger partial charge in [-0.3, -0.25) is 4.90 Å². The average molecular weight is 501 g/mol. The van der Waals surface area contributed by atoms with Crippen LogP contribution < -0.4 is 20.1 Å². The summed E-state index contributed by atoms with van der Waals surface area (Å²) in [5.41, 5.74) is 1.82. The zero-order valence-electron chi connectivity index (χ0n) is 17.1. The Kier molecular flexibility index (Phi) is 9.21. The maximum absolute atomic E-state index is 13.3. The molecule has 0 atom stereocenters. The van der Waals surface area contributed by atoms with E-state index in [1.54, 1.807) is 6.07 Å². The Bertz CT molecular complexity index is 834. The van der Waals surface area contributed by atoms with Gasteiger partial charge in [0.1, 0.15) is 12.4 Å². The highest BCUT2D eigenvalue weighted by Crippen LogP contribution is 2.38. The smallest absolute Gasteiger partial charge is 0.175 e. The van der Waals surface area contributed by atoms with E-state index in [9.17, 15) is 4.39 Å². The van der Waals surface area contributed by atoms with Gasteiger partial charge < -0.3 is 20.1 Å². The molecule has 0 amide bonds. The van der Waals surface area contributed by atoms with Crippen LogP contribution in [0, 0.1) is 5.82 Å². The summed E-state index contributed by atoms with van der Waals surface area (Å²) >= 11 is 9.71. The van der Waals surface area contributed by atoms with Crippen LogP contribution in [0.4, 0.5) is 4.39 Å². The molecule has 1 heterocycles. The molecular formula is C22H28BrClFN3O2. The van der Waals surface area contributed by atoms with Crippen molar-refractivity contribution in [1.82, 2.24) is 15.5 Å². The molecule has 1 fully saturated rings. The summed E-state index contributed by atoms with van der Waals surface area (Å²) in [4.78, 5) is 2.46. The van der Waals surface area contributed by atoms with Crippen molar-refractivity contribution >= 4 is 27.5 Å². The number of benzene rings is 2. The normalized spacial score (nSPS) is 14.7. The first-order chi connectivity index (χ1) is 14.6. The van der Waals surface area contributed by atoms with Crippen molar-refractivity contribution in [2.24, 2.45) is 0 Å². The SMILES string of the molecule is CCOc1cc(CNCCN2CCNCC2)cc(Br)c1OCc1ccc(F)cc1Cl. The summed E-state index contributed by atoms with van der Waals surface area (Å²) in [6.45, 7) is 9.74. The van der Waals surface area contributed by atoms with Crippen molar-refractivity contribution < 1.29 is 13.9 Å². The Hall–Kier alpha value is -1.38. The van der Waals surface area contributed by atoms with Gasteiger partial charge in [-0.1, -0.05) is 17.7 Å². The fraction of sp³-hybridized carbons (Fsp3) is 0.455. The first kappa shape index (κ1) is 23.3. The van der Waals surface area contributed by atoms with Crippen LogP contribution in [-0.2, 0) is 13.2 Å². The van der Waals surface area contributed by atoms with E-state index in [4.69, 9.17) is 21.1 Å². The van der Waals surface area contributed by atoms with Crippen molar-refractivity contribution in [2.75, 3.05) is 45.9 Å². The van der Waals surface area contributed by atoms with Gasteiger partial charge in [0.2, 0.25) is 0 Å². The highest BCUT2D eigenvalue weighted by atomic mass is 79.9. The molecule has 0 aromatic heterocycles. The lowest BCUT2D eigenvalue weighted by molar-refractivity contribution is 0.241. The minimum Gasteiger partial charge on any atom is -0.490 e. The minimum atomic E-state index is -0.367. The molecule has 1 aliphatic heterocycles. The maximum atomic E-state index is 13.3. The number of hydrogen-bond donors (Lipinski definition) is 2. The van der Waals surface area contributed by atoms with Crippen LogP contribution in [0.15, 0.2) is 34.8 Å². The van der Waals surface area contributed by atoms with E-state index in [1.807, 2.05) is 19.1 Å². The molecule has 0 unspecified atom stereocenters. The summed E-state index contributed by atoms with van der Waals surface area (Å²) in [6, 6.07) is 8.31. The molecule has 30 heavy (non-hydrogen) atoms. The van der Waals surface area contributed by atoms with Gasteiger partial charge in [0.05, 0.1) is 16.1 Å². The van der Waals surface area contributed by atoms with E-state index >= 15 is 0 Å². The van der Waals surface area contributed by atoms with Gasteiger partial charge in [0.25, 0.3) is 0 Å². The Morgan fingerprint density at radius 2 is 2.00 bits per heavy atom. The van der Waals surface area contributed by atoms with Crippen LogP contribution in [0.1, 0.15) is 18.1 Å². The van der Waals surface area contributed by atoms with E-state index in [0.717, 1.165) is 55.8 Å². The first-order valence-corrected chi connectivity index (χ1v) is 11.4. The molecule has 8 heteroatoms. The molecule has 3 rings (SSSR count). The molecule has 2 N–H and O–H groups in total. The number of halogens is 3. The fourth-order valence-electron chi connectivity index (χ4n) is 3.32. The van der Waals surface area contributed by atoms with E-state index in [1.165, 1.54) is 12.1 Å². The lowest BCUT2D eigenvalue weighted by Gasteiger charge is -2.27. The predicted octanol–water partition coefficient (Wildman–Crippen LogP) is 4.21. The van der Waals surface area contributed by atoms with Gasteiger partial charge in [0.15, 0.2) is 11.5 Å². The van der Waals surface area contributed by atoms with Crippen LogP contribution in [0.25, 0.3) is 0 Å². The average Bonchev–Trinajstić information content (AvgIpc) is 2.73. The number of nitrogens with one attached hydrogen (secondary N) is 2. The molecule has 1 aliphatic rings. The van der Waals surface area contributed by atoms with Crippen LogP contribution in [-0.4, -0.2) is 50.8 Å². The zero-order valence-corrected chi connectivity index (χ0v) is 19.5. The quantitative estimate of drug-likeness (QED) is 0.479. The van der Waals surface area contributed by atoms with Gasteiger partial charge in [-0.25, -0.2) is 4.39 Å². The second kappa shape index (κ2) is 11.9. The minimum absolute atomic E-state index is 0.222. The molecule has 2 aromatic carbocycles. The van der Waals surface area contributed by atoms with Crippen molar-refractivity contribution in [3.63, 3.8) is 0 Å². The second-order valence-corrected chi connectivity index (χ2v) is 8.39. The highest BCUT2D eigenvalue weighted by Gasteiger charge is 2.14. The summed E-state index contributed by atoms with van der Waals surface area (Å²) in [5.74, 6) is 0.916. The van der Waals surface area contributed by atoms with Crippen LogP contribution >= 0.6 is 27.5 Å². The third-order valence-electron chi connectivity index (χ3n) is 4.90. The monoisotopic (exact) mass is 499 g/mol. The van der Waals surface area contributed by atoms with E-state index < -0.39 is 0 Å². The van der Waals surface area contributed by atoms with Crippen LogP contribution in [0.5, 0.6) is 11.5 Å². The van der Waals surface area contributed by atoms with Gasteiger partial charge in [-0.05, 0) is 52.7 Å². The van der Waals surface area contributed by atoms with Crippen LogP contribution in [0.2, 0.25) is 5.02 Å². The summed E-state index contributed by atoms with van der Waals surface area (Å²) in [7, 11) is 0. The molecule has 0 saturated carbocycles. The Morgan fingerprint density at radius 1 is 1.20 bits per heavy atom. The van der Waals surface area contributed by atoms with E-state index in [-0.39, 0.29) is 12.4 Å². The predicted molar refractivity (Wildman–Crippen MR) is 122 cm³/mol. The first-order valence-electron chi connectivity index (χ1n) is 10.2. The lowest BCUT2D eigenvalue weighted by atomic mass is 10.2. The fourth-order valence-corrected chi connectivity index (χ4v) is 4.15. The molecule has 2 aromatic rings. The van der Waals surface area contributed by atoms with Crippen molar-refractivity contribution in [3.8, 4) is 11.5 Å². The Morgan fingerprint density at radius 3 is 2.73 bits per heavy atom. The molecule has 5 nitrogen and oxygen atoms in total. The third kappa shape index (κ3) is 6.82. The third-order valence-corrected chi connectivity index (χ3v) is 5.84. The Labute approximate surface area is 191 Å². The van der Waals surface area contributed by atoms with Crippen molar-refractivity contribution in [2.45, 2.75) is 20.1 Å². The summed E-state index contributed by atoms with van der Waals surface area (Å²) in [6.07, 6.45) is 0. The topological polar surface area (TPSA) is 45.8 Å². The molecular weight excluding hydrogens is 473 g/mol. The standard InChI is InChI=1S/C22H28BrClFN3O2/c1-2-29-21-12-16(14-27-7-10-28-8-5-26-6-9-28)11-19(23)22(21)30-15-17-3-4-18(25)13-20(17)24/h3-4,11-13,26-27H,2,5-10,14-15H2,1H3. The number of ether oxygens (including phenoxy) is 2. The lowest BCUT2D eigenvalue weighted by Crippen LogP contribution is -2.45. The van der Waals surface area contributed by atoms with Gasteiger partial charge in [0, 0.05) is 51.4 Å². The van der Waals surface area contributed by atoms with Crippen molar-refractivity contribution in [3.05, 3.63) is 56.8 Å². The number of piperazine rings is 1. The molecule has 0 spiro atoms. The summed E-state index contributed by atoms with van der Waals surface area (Å²) in [5, 5.41) is 7.22. The molecule has 1 saturated heterocycles. The van der Waals surface area contributed by atoms with Crippen LogP contribution in [0.3, 0.4) is 0 Å². The number of nitrogens with zero attached hydrogens (tertiary/aromatic N) is 1. The number of rotatable bonds is 10. The maximum Gasteiger partial charge on any atom is 0.175 e. The zero-order chi connectivity index (χ0) is 21.3. The summed E-state index contributed by atoms with van der Waals surface area (Å²) < 4.78 is 25.8. The molecule has 0 radical (unpaired) electrons.